The molecule has 4 heteroatoms. The highest BCUT2D eigenvalue weighted by Crippen LogP contribution is 2.44. The molecule has 1 aromatic rings. The van der Waals surface area contributed by atoms with E-state index in [-0.39, 0.29) is 11.8 Å². The van der Waals surface area contributed by atoms with Gasteiger partial charge < -0.3 is 10.4 Å². The fraction of sp³-hybridized carbons (Fsp3) is 0.308. The monoisotopic (exact) mass is 341 g/mol. The highest BCUT2D eigenvalue weighted by molar-refractivity contribution is 14.1. The van der Waals surface area contributed by atoms with E-state index in [2.05, 4.69) is 46.1 Å². The zero-order valence-electron chi connectivity index (χ0n) is 9.06. The van der Waals surface area contributed by atoms with Crippen molar-refractivity contribution >= 4 is 34.2 Å². The number of hydrogen-bond donors (Lipinski definition) is 2. The standard InChI is InChI=1S/C13H12INO2/c14-7-4-5-11-10(6-7)8-2-1-3-9(8)12(15-11)13(16)17/h1-2,4-6,8-9,12,15H,3H2,(H,16,17)/t8-,9+,12-/m1/s1. The van der Waals surface area contributed by atoms with Crippen LogP contribution in [0.25, 0.3) is 0 Å². The van der Waals surface area contributed by atoms with Gasteiger partial charge in [0.2, 0.25) is 0 Å². The van der Waals surface area contributed by atoms with E-state index in [0.29, 0.717) is 0 Å². The summed E-state index contributed by atoms with van der Waals surface area (Å²) in [6.45, 7) is 0. The van der Waals surface area contributed by atoms with E-state index in [4.69, 9.17) is 0 Å². The first-order valence-electron chi connectivity index (χ1n) is 5.62. The number of allylic oxidation sites excluding steroid dienone is 2. The van der Waals surface area contributed by atoms with Crippen molar-refractivity contribution in [1.29, 1.82) is 0 Å². The van der Waals surface area contributed by atoms with E-state index in [0.717, 1.165) is 12.1 Å². The smallest absolute Gasteiger partial charge is 0.326 e. The number of carbonyl (C=O) groups is 1. The molecular formula is C13H12INO2. The molecule has 0 saturated carbocycles. The summed E-state index contributed by atoms with van der Waals surface area (Å²) in [5.41, 5.74) is 2.19. The second-order valence-electron chi connectivity index (χ2n) is 4.55. The lowest BCUT2D eigenvalue weighted by molar-refractivity contribution is -0.139. The molecule has 3 nitrogen and oxygen atoms in total. The van der Waals surface area contributed by atoms with Crippen LogP contribution in [0.2, 0.25) is 0 Å². The van der Waals surface area contributed by atoms with Crippen LogP contribution in [0.4, 0.5) is 5.69 Å². The van der Waals surface area contributed by atoms with Crippen molar-refractivity contribution in [3.05, 3.63) is 39.5 Å². The zero-order chi connectivity index (χ0) is 12.0. The van der Waals surface area contributed by atoms with Crippen molar-refractivity contribution in [3.63, 3.8) is 0 Å². The summed E-state index contributed by atoms with van der Waals surface area (Å²) in [5.74, 6) is -0.354. The maximum atomic E-state index is 11.3. The molecule has 0 fully saturated rings. The quantitative estimate of drug-likeness (QED) is 0.610. The van der Waals surface area contributed by atoms with E-state index in [1.165, 1.54) is 9.13 Å². The molecule has 1 aliphatic carbocycles. The summed E-state index contributed by atoms with van der Waals surface area (Å²) in [6.07, 6.45) is 5.10. The number of nitrogens with one attached hydrogen (secondary N) is 1. The second kappa shape index (κ2) is 4.01. The van der Waals surface area contributed by atoms with Crippen molar-refractivity contribution in [3.8, 4) is 0 Å². The fourth-order valence-corrected chi connectivity index (χ4v) is 3.32. The lowest BCUT2D eigenvalue weighted by Crippen LogP contribution is -2.41. The van der Waals surface area contributed by atoms with Gasteiger partial charge in [0.25, 0.3) is 0 Å². The molecule has 0 spiro atoms. The summed E-state index contributed by atoms with van der Waals surface area (Å²) < 4.78 is 1.19. The maximum Gasteiger partial charge on any atom is 0.326 e. The normalized spacial score (nSPS) is 29.4. The van der Waals surface area contributed by atoms with E-state index in [1.807, 2.05) is 12.1 Å². The van der Waals surface area contributed by atoms with Crippen LogP contribution in [0.1, 0.15) is 17.9 Å². The van der Waals surface area contributed by atoms with Crippen LogP contribution in [-0.2, 0) is 4.79 Å². The van der Waals surface area contributed by atoms with Crippen molar-refractivity contribution in [2.45, 2.75) is 18.4 Å². The largest absolute Gasteiger partial charge is 0.480 e. The van der Waals surface area contributed by atoms with E-state index >= 15 is 0 Å². The number of benzene rings is 1. The minimum atomic E-state index is -0.757. The van der Waals surface area contributed by atoms with Crippen molar-refractivity contribution in [1.82, 2.24) is 0 Å². The summed E-state index contributed by atoms with van der Waals surface area (Å²) in [4.78, 5) is 11.3. The first-order valence-corrected chi connectivity index (χ1v) is 6.70. The highest BCUT2D eigenvalue weighted by atomic mass is 127. The summed E-state index contributed by atoms with van der Waals surface area (Å²) in [6, 6.07) is 5.66. The Bertz CT molecular complexity index is 512. The van der Waals surface area contributed by atoms with Crippen molar-refractivity contribution < 1.29 is 9.90 Å². The third-order valence-electron chi connectivity index (χ3n) is 3.59. The molecule has 1 heterocycles. The number of halogens is 1. The van der Waals surface area contributed by atoms with Crippen LogP contribution in [0.5, 0.6) is 0 Å². The van der Waals surface area contributed by atoms with Crippen LogP contribution in [-0.4, -0.2) is 17.1 Å². The topological polar surface area (TPSA) is 49.3 Å². The molecular weight excluding hydrogens is 329 g/mol. The van der Waals surface area contributed by atoms with Gasteiger partial charge in [-0.05, 0) is 52.8 Å². The van der Waals surface area contributed by atoms with Crippen molar-refractivity contribution in [2.75, 3.05) is 5.32 Å². The van der Waals surface area contributed by atoms with Gasteiger partial charge in [0.1, 0.15) is 6.04 Å². The third-order valence-corrected chi connectivity index (χ3v) is 4.26. The van der Waals surface area contributed by atoms with Gasteiger partial charge in [-0.2, -0.15) is 0 Å². The molecule has 17 heavy (non-hydrogen) atoms. The maximum absolute atomic E-state index is 11.3. The molecule has 0 aromatic heterocycles. The molecule has 2 N–H and O–H groups in total. The number of hydrogen-bond acceptors (Lipinski definition) is 2. The molecule has 88 valence electrons. The molecule has 3 rings (SSSR count). The molecule has 2 aliphatic rings. The second-order valence-corrected chi connectivity index (χ2v) is 5.79. The molecule has 0 unspecified atom stereocenters. The summed E-state index contributed by atoms with van der Waals surface area (Å²) in [7, 11) is 0. The number of carboxylic acid groups (broad SMARTS) is 1. The molecule has 0 radical (unpaired) electrons. The predicted octanol–water partition coefficient (Wildman–Crippen LogP) is 2.83. The highest BCUT2D eigenvalue weighted by Gasteiger charge is 2.40. The number of aliphatic carboxylic acids is 1. The SMILES string of the molecule is O=C(O)[C@@H]1Nc2ccc(I)cc2[C@@H]2C=CC[C@H]12. The van der Waals surface area contributed by atoms with Gasteiger partial charge in [-0.25, -0.2) is 4.79 Å². The van der Waals surface area contributed by atoms with Crippen LogP contribution in [0, 0.1) is 9.49 Å². The van der Waals surface area contributed by atoms with Gasteiger partial charge in [-0.3, -0.25) is 0 Å². The Morgan fingerprint density at radius 3 is 3.06 bits per heavy atom. The first kappa shape index (κ1) is 11.1. The molecule has 3 atom stereocenters. The molecule has 0 amide bonds. The Morgan fingerprint density at radius 2 is 2.29 bits per heavy atom. The summed E-state index contributed by atoms with van der Waals surface area (Å²) >= 11 is 2.29. The zero-order valence-corrected chi connectivity index (χ0v) is 11.2. The van der Waals surface area contributed by atoms with Crippen molar-refractivity contribution in [2.24, 2.45) is 5.92 Å². The minimum absolute atomic E-state index is 0.151. The van der Waals surface area contributed by atoms with Gasteiger partial charge in [0.15, 0.2) is 0 Å². The van der Waals surface area contributed by atoms with E-state index in [9.17, 15) is 9.90 Å². The van der Waals surface area contributed by atoms with Gasteiger partial charge in [-0.15, -0.1) is 0 Å². The fourth-order valence-electron chi connectivity index (χ4n) is 2.81. The Balaban J connectivity index is 2.09. The van der Waals surface area contributed by atoms with E-state index in [1.54, 1.807) is 0 Å². The lowest BCUT2D eigenvalue weighted by atomic mass is 9.79. The third kappa shape index (κ3) is 1.74. The van der Waals surface area contributed by atoms with Gasteiger partial charge in [-0.1, -0.05) is 12.2 Å². The minimum Gasteiger partial charge on any atom is -0.480 e. The number of rotatable bonds is 1. The molecule has 1 aromatic carbocycles. The lowest BCUT2D eigenvalue weighted by Gasteiger charge is -2.34. The predicted molar refractivity (Wildman–Crippen MR) is 74.2 cm³/mol. The summed E-state index contributed by atoms with van der Waals surface area (Å²) in [5, 5.41) is 12.4. The van der Waals surface area contributed by atoms with Gasteiger partial charge in [0, 0.05) is 21.1 Å². The van der Waals surface area contributed by atoms with Crippen LogP contribution < -0.4 is 5.32 Å². The number of carboxylic acids is 1. The number of fused-ring (bicyclic) bond motifs is 3. The van der Waals surface area contributed by atoms with Crippen LogP contribution in [0.15, 0.2) is 30.4 Å². The average Bonchev–Trinajstić information content (AvgIpc) is 2.76. The van der Waals surface area contributed by atoms with Gasteiger partial charge in [0.05, 0.1) is 0 Å². The Morgan fingerprint density at radius 1 is 1.47 bits per heavy atom. The first-order chi connectivity index (χ1) is 8.16. The Hall–Kier alpha value is -1.04. The molecule has 0 saturated heterocycles. The van der Waals surface area contributed by atoms with E-state index < -0.39 is 12.0 Å². The molecule has 0 bridgehead atoms. The Labute approximate surface area is 113 Å². The van der Waals surface area contributed by atoms with Crippen LogP contribution >= 0.6 is 22.6 Å². The average molecular weight is 341 g/mol. The number of anilines is 1. The molecule has 1 aliphatic heterocycles. The Kier molecular flexibility index (Phi) is 2.61. The van der Waals surface area contributed by atoms with Crippen LogP contribution in [0.3, 0.4) is 0 Å². The van der Waals surface area contributed by atoms with Gasteiger partial charge >= 0.3 is 5.97 Å².